The van der Waals surface area contributed by atoms with Crippen molar-refractivity contribution in [1.82, 2.24) is 4.31 Å². The highest BCUT2D eigenvalue weighted by Gasteiger charge is 2.31. The van der Waals surface area contributed by atoms with Gasteiger partial charge >= 0.3 is 5.97 Å². The van der Waals surface area contributed by atoms with Gasteiger partial charge in [0.05, 0.1) is 0 Å². The van der Waals surface area contributed by atoms with Crippen molar-refractivity contribution in [3.8, 4) is 0 Å². The second kappa shape index (κ2) is 5.83. The highest BCUT2D eigenvalue weighted by atomic mass is 32.2. The molecule has 1 aromatic heterocycles. The Bertz CT molecular complexity index is 583. The van der Waals surface area contributed by atoms with Crippen molar-refractivity contribution in [1.29, 1.82) is 0 Å². The Morgan fingerprint density at radius 1 is 1.35 bits per heavy atom. The molecular weight excluding hydrogens is 298 g/mol. The Morgan fingerprint density at radius 3 is 2.40 bits per heavy atom. The van der Waals surface area contributed by atoms with Gasteiger partial charge in [-0.15, -0.1) is 11.3 Å². The fraction of sp³-hybridized carbons (Fsp3) is 0.615. The first-order valence-corrected chi connectivity index (χ1v) is 8.91. The van der Waals surface area contributed by atoms with Crippen molar-refractivity contribution in [2.24, 2.45) is 11.8 Å². The molecular formula is C13H19NO4S2. The zero-order valence-electron chi connectivity index (χ0n) is 11.6. The minimum atomic E-state index is -3.54. The molecule has 0 saturated carbocycles. The lowest BCUT2D eigenvalue weighted by Gasteiger charge is -2.32. The molecule has 2 rings (SSSR count). The standard InChI is InChI=1S/C13H19NO4S2/c1-9(2)10-5-7-14(8-6-10)20(17,18)12-4-3-11(19-12)13(15)16/h3-4,9-10H,5-8H2,1-2H3,(H,15,16). The van der Waals surface area contributed by atoms with Crippen molar-refractivity contribution in [3.63, 3.8) is 0 Å². The number of hydrogen-bond acceptors (Lipinski definition) is 4. The number of rotatable bonds is 4. The number of carboxylic acids is 1. The van der Waals surface area contributed by atoms with Crippen LogP contribution in [0.2, 0.25) is 0 Å². The predicted octanol–water partition coefficient (Wildman–Crippen LogP) is 2.50. The molecule has 1 aromatic rings. The Morgan fingerprint density at radius 2 is 1.95 bits per heavy atom. The first kappa shape index (κ1) is 15.5. The summed E-state index contributed by atoms with van der Waals surface area (Å²) in [4.78, 5) is 10.9. The predicted molar refractivity (Wildman–Crippen MR) is 77.6 cm³/mol. The number of piperidine rings is 1. The smallest absolute Gasteiger partial charge is 0.345 e. The quantitative estimate of drug-likeness (QED) is 0.926. The van der Waals surface area contributed by atoms with Crippen LogP contribution in [0.3, 0.4) is 0 Å². The number of nitrogens with zero attached hydrogens (tertiary/aromatic N) is 1. The van der Waals surface area contributed by atoms with Crippen LogP contribution in [0.1, 0.15) is 36.4 Å². The van der Waals surface area contributed by atoms with Crippen molar-refractivity contribution in [2.45, 2.75) is 30.9 Å². The van der Waals surface area contributed by atoms with Gasteiger partial charge in [0.2, 0.25) is 0 Å². The van der Waals surface area contributed by atoms with Gasteiger partial charge in [-0.05, 0) is 36.8 Å². The Hall–Kier alpha value is -0.920. The average molecular weight is 317 g/mol. The van der Waals surface area contributed by atoms with Gasteiger partial charge in [-0.1, -0.05) is 13.8 Å². The van der Waals surface area contributed by atoms with Gasteiger partial charge in [-0.3, -0.25) is 0 Å². The SMILES string of the molecule is CC(C)C1CCN(S(=O)(=O)c2ccc(C(=O)O)s2)CC1. The summed E-state index contributed by atoms with van der Waals surface area (Å²) in [7, 11) is -3.54. The summed E-state index contributed by atoms with van der Waals surface area (Å²) in [6, 6.07) is 2.73. The van der Waals surface area contributed by atoms with E-state index in [0.717, 1.165) is 24.2 Å². The van der Waals surface area contributed by atoms with E-state index in [9.17, 15) is 13.2 Å². The first-order valence-electron chi connectivity index (χ1n) is 6.65. The molecule has 1 aliphatic heterocycles. The van der Waals surface area contributed by atoms with E-state index in [0.29, 0.717) is 24.9 Å². The summed E-state index contributed by atoms with van der Waals surface area (Å²) < 4.78 is 26.5. The molecule has 1 saturated heterocycles. The maximum absolute atomic E-state index is 12.4. The Balaban J connectivity index is 2.13. The van der Waals surface area contributed by atoms with E-state index in [4.69, 9.17) is 5.11 Å². The van der Waals surface area contributed by atoms with Gasteiger partial charge in [0, 0.05) is 13.1 Å². The van der Waals surface area contributed by atoms with E-state index < -0.39 is 16.0 Å². The number of carbonyl (C=O) groups is 1. The normalized spacial score (nSPS) is 18.6. The maximum atomic E-state index is 12.4. The molecule has 0 amide bonds. The fourth-order valence-corrected chi connectivity index (χ4v) is 5.25. The van der Waals surface area contributed by atoms with Gasteiger partial charge in [-0.2, -0.15) is 4.31 Å². The van der Waals surface area contributed by atoms with Crippen molar-refractivity contribution < 1.29 is 18.3 Å². The number of thiophene rings is 1. The zero-order valence-corrected chi connectivity index (χ0v) is 13.2. The van der Waals surface area contributed by atoms with Crippen LogP contribution >= 0.6 is 11.3 Å². The van der Waals surface area contributed by atoms with Crippen LogP contribution in [0.15, 0.2) is 16.3 Å². The highest BCUT2D eigenvalue weighted by Crippen LogP contribution is 2.30. The molecule has 5 nitrogen and oxygen atoms in total. The van der Waals surface area contributed by atoms with Crippen LogP contribution in [-0.2, 0) is 10.0 Å². The summed E-state index contributed by atoms with van der Waals surface area (Å²) >= 11 is 0.820. The molecule has 0 aliphatic carbocycles. The number of sulfonamides is 1. The average Bonchev–Trinajstić information content (AvgIpc) is 2.89. The molecule has 0 bridgehead atoms. The monoisotopic (exact) mass is 317 g/mol. The second-order valence-electron chi connectivity index (χ2n) is 5.41. The van der Waals surface area contributed by atoms with Crippen LogP contribution in [0, 0.1) is 11.8 Å². The minimum Gasteiger partial charge on any atom is -0.477 e. The number of aromatic carboxylic acids is 1. The van der Waals surface area contributed by atoms with Gasteiger partial charge in [0.15, 0.2) is 0 Å². The molecule has 0 spiro atoms. The van der Waals surface area contributed by atoms with Crippen LogP contribution in [0.4, 0.5) is 0 Å². The molecule has 1 N–H and O–H groups in total. The zero-order chi connectivity index (χ0) is 14.9. The molecule has 0 radical (unpaired) electrons. The molecule has 1 fully saturated rings. The Kier molecular flexibility index (Phi) is 4.51. The topological polar surface area (TPSA) is 74.7 Å². The number of hydrogen-bond donors (Lipinski definition) is 1. The van der Waals surface area contributed by atoms with Gasteiger partial charge in [0.1, 0.15) is 9.09 Å². The van der Waals surface area contributed by atoms with E-state index in [2.05, 4.69) is 13.8 Å². The summed E-state index contributed by atoms with van der Waals surface area (Å²) in [6.45, 7) is 5.36. The fourth-order valence-electron chi connectivity index (χ4n) is 2.48. The number of carboxylic acid groups (broad SMARTS) is 1. The van der Waals surface area contributed by atoms with E-state index in [1.807, 2.05) is 0 Å². The summed E-state index contributed by atoms with van der Waals surface area (Å²) in [5, 5.41) is 8.87. The van der Waals surface area contributed by atoms with Crippen LogP contribution < -0.4 is 0 Å². The van der Waals surface area contributed by atoms with E-state index in [1.54, 1.807) is 0 Å². The van der Waals surface area contributed by atoms with Crippen molar-refractivity contribution >= 4 is 27.3 Å². The van der Waals surface area contributed by atoms with E-state index >= 15 is 0 Å². The molecule has 0 aromatic carbocycles. The van der Waals surface area contributed by atoms with Gasteiger partial charge < -0.3 is 5.11 Å². The third-order valence-corrected chi connectivity index (χ3v) is 7.27. The largest absolute Gasteiger partial charge is 0.477 e. The van der Waals surface area contributed by atoms with Crippen LogP contribution in [-0.4, -0.2) is 36.9 Å². The lowest BCUT2D eigenvalue weighted by atomic mass is 9.87. The van der Waals surface area contributed by atoms with E-state index in [1.165, 1.54) is 16.4 Å². The lowest BCUT2D eigenvalue weighted by molar-refractivity contribution is 0.0702. The minimum absolute atomic E-state index is 0.0561. The molecule has 112 valence electrons. The summed E-state index contributed by atoms with van der Waals surface area (Å²) in [6.07, 6.45) is 1.74. The molecule has 0 unspecified atom stereocenters. The van der Waals surface area contributed by atoms with E-state index in [-0.39, 0.29) is 9.09 Å². The molecule has 7 heteroatoms. The molecule has 2 heterocycles. The van der Waals surface area contributed by atoms with Crippen LogP contribution in [0.25, 0.3) is 0 Å². The maximum Gasteiger partial charge on any atom is 0.345 e. The van der Waals surface area contributed by atoms with Crippen molar-refractivity contribution in [3.05, 3.63) is 17.0 Å². The Labute approximate surface area is 123 Å². The van der Waals surface area contributed by atoms with Crippen molar-refractivity contribution in [2.75, 3.05) is 13.1 Å². The van der Waals surface area contributed by atoms with Gasteiger partial charge in [-0.25, -0.2) is 13.2 Å². The summed E-state index contributed by atoms with van der Waals surface area (Å²) in [5.74, 6) is 0.0505. The molecule has 20 heavy (non-hydrogen) atoms. The highest BCUT2D eigenvalue weighted by molar-refractivity contribution is 7.91. The third kappa shape index (κ3) is 3.05. The third-order valence-electron chi connectivity index (χ3n) is 3.83. The lowest BCUT2D eigenvalue weighted by Crippen LogP contribution is -2.39. The van der Waals surface area contributed by atoms with Gasteiger partial charge in [0.25, 0.3) is 10.0 Å². The van der Waals surface area contributed by atoms with Crippen LogP contribution in [0.5, 0.6) is 0 Å². The molecule has 1 aliphatic rings. The second-order valence-corrected chi connectivity index (χ2v) is 8.66. The first-order chi connectivity index (χ1) is 9.32. The summed E-state index contributed by atoms with van der Waals surface area (Å²) in [5.41, 5.74) is 0. The molecule has 0 atom stereocenters.